The molecule has 30 heavy (non-hydrogen) atoms. The Hall–Kier alpha value is -2.63. The summed E-state index contributed by atoms with van der Waals surface area (Å²) in [5.74, 6) is 1.50. The molecule has 1 aliphatic rings. The molecule has 1 unspecified atom stereocenters. The Kier molecular flexibility index (Phi) is 10.1. The maximum atomic E-state index is 6.05. The fourth-order valence-electron chi connectivity index (χ4n) is 3.09. The van der Waals surface area contributed by atoms with Crippen LogP contribution in [0.1, 0.15) is 42.9 Å². The van der Waals surface area contributed by atoms with Crippen molar-refractivity contribution in [3.05, 3.63) is 82.4 Å². The Labute approximate surface area is 184 Å². The van der Waals surface area contributed by atoms with E-state index >= 15 is 0 Å². The largest absolute Gasteiger partial charge is 0.493 e. The topological polar surface area (TPSA) is 43.4 Å². The predicted molar refractivity (Wildman–Crippen MR) is 129 cm³/mol. The van der Waals surface area contributed by atoms with Crippen molar-refractivity contribution in [2.75, 3.05) is 20.3 Å². The minimum atomic E-state index is 0.133. The molecule has 2 aromatic rings. The Morgan fingerprint density at radius 2 is 2.17 bits per heavy atom. The van der Waals surface area contributed by atoms with Crippen molar-refractivity contribution < 1.29 is 9.47 Å². The van der Waals surface area contributed by atoms with Crippen LogP contribution in [0.25, 0.3) is 6.08 Å². The van der Waals surface area contributed by atoms with Crippen molar-refractivity contribution in [3.8, 4) is 11.5 Å². The van der Waals surface area contributed by atoms with Crippen LogP contribution in [0.3, 0.4) is 0 Å². The van der Waals surface area contributed by atoms with Gasteiger partial charge in [-0.25, -0.2) is 4.98 Å². The number of nitrogens with one attached hydrogen (secondary N) is 1. The van der Waals surface area contributed by atoms with Crippen molar-refractivity contribution in [1.82, 2.24) is 10.3 Å². The third-order valence-electron chi connectivity index (χ3n) is 4.56. The molecule has 1 N–H and O–H groups in total. The third kappa shape index (κ3) is 6.44. The highest BCUT2D eigenvalue weighted by Gasteiger charge is 2.21. The van der Waals surface area contributed by atoms with Gasteiger partial charge in [0.05, 0.1) is 13.2 Å². The summed E-state index contributed by atoms with van der Waals surface area (Å²) < 4.78 is 11.7. The lowest BCUT2D eigenvalue weighted by Gasteiger charge is -2.26. The van der Waals surface area contributed by atoms with Gasteiger partial charge in [-0.15, -0.1) is 11.3 Å². The van der Waals surface area contributed by atoms with Gasteiger partial charge in [-0.3, -0.25) is 0 Å². The van der Waals surface area contributed by atoms with Crippen molar-refractivity contribution >= 4 is 17.4 Å². The van der Waals surface area contributed by atoms with Gasteiger partial charge in [0.2, 0.25) is 0 Å². The van der Waals surface area contributed by atoms with Crippen LogP contribution >= 0.6 is 11.3 Å². The van der Waals surface area contributed by atoms with Gasteiger partial charge in [0, 0.05) is 18.1 Å². The molecule has 0 saturated carbocycles. The van der Waals surface area contributed by atoms with E-state index < -0.39 is 0 Å². The monoisotopic (exact) mass is 424 g/mol. The molecule has 1 aromatic heterocycles. The number of thiazole rings is 1. The number of hydrogen-bond acceptors (Lipinski definition) is 5. The summed E-state index contributed by atoms with van der Waals surface area (Å²) >= 11 is 1.63. The molecule has 1 atom stereocenters. The number of benzene rings is 1. The first-order valence-electron chi connectivity index (χ1n) is 10.3. The van der Waals surface area contributed by atoms with E-state index in [1.54, 1.807) is 18.4 Å². The van der Waals surface area contributed by atoms with Crippen molar-refractivity contribution in [2.24, 2.45) is 0 Å². The van der Waals surface area contributed by atoms with E-state index in [2.05, 4.69) is 41.2 Å². The van der Waals surface area contributed by atoms with Crippen molar-refractivity contribution in [1.29, 1.82) is 0 Å². The molecule has 1 aliphatic heterocycles. The quantitative estimate of drug-likeness (QED) is 0.517. The summed E-state index contributed by atoms with van der Waals surface area (Å²) in [4.78, 5) is 4.32. The second-order valence-electron chi connectivity index (χ2n) is 6.37. The SMILES string of the molecule is C=C/C(=C\C=C/C)COc1cc2c(cc1OC)C(/C=C/c1nccs1)NCC2.CC. The summed E-state index contributed by atoms with van der Waals surface area (Å²) in [6, 6.07) is 4.32. The first-order valence-corrected chi connectivity index (χ1v) is 11.2. The zero-order chi connectivity index (χ0) is 21.8. The van der Waals surface area contributed by atoms with Gasteiger partial charge < -0.3 is 14.8 Å². The van der Waals surface area contributed by atoms with Crippen LogP contribution in [0.5, 0.6) is 11.5 Å². The lowest BCUT2D eigenvalue weighted by molar-refractivity contribution is 0.320. The summed E-state index contributed by atoms with van der Waals surface area (Å²) in [6.07, 6.45) is 14.8. The molecule has 0 fully saturated rings. The third-order valence-corrected chi connectivity index (χ3v) is 5.30. The lowest BCUT2D eigenvalue weighted by atomic mass is 9.93. The van der Waals surface area contributed by atoms with Gasteiger partial charge in [0.15, 0.2) is 11.5 Å². The molecule has 0 aliphatic carbocycles. The Morgan fingerprint density at radius 3 is 2.83 bits per heavy atom. The fourth-order valence-corrected chi connectivity index (χ4v) is 3.63. The first-order chi connectivity index (χ1) is 14.7. The second kappa shape index (κ2) is 12.8. The molecule has 2 heterocycles. The highest BCUT2D eigenvalue weighted by Crippen LogP contribution is 2.36. The summed E-state index contributed by atoms with van der Waals surface area (Å²) in [5, 5.41) is 6.54. The van der Waals surface area contributed by atoms with Crippen LogP contribution in [-0.2, 0) is 6.42 Å². The molecule has 0 spiro atoms. The molecular formula is C25H32N2O2S. The Morgan fingerprint density at radius 1 is 1.33 bits per heavy atom. The average Bonchev–Trinajstić information content (AvgIpc) is 3.32. The molecule has 4 nitrogen and oxygen atoms in total. The number of rotatable bonds is 8. The second-order valence-corrected chi connectivity index (χ2v) is 7.30. The first kappa shape index (κ1) is 23.6. The fraction of sp³-hybridized carbons (Fsp3) is 0.320. The number of ether oxygens (including phenoxy) is 2. The van der Waals surface area contributed by atoms with Gasteiger partial charge in [0.1, 0.15) is 11.6 Å². The summed E-state index contributed by atoms with van der Waals surface area (Å²) in [7, 11) is 1.68. The maximum absolute atomic E-state index is 6.05. The number of methoxy groups -OCH3 is 1. The molecule has 0 radical (unpaired) electrons. The van der Waals surface area contributed by atoms with E-state index in [1.165, 1.54) is 11.1 Å². The smallest absolute Gasteiger partial charge is 0.161 e. The normalized spacial score (nSPS) is 16.1. The van der Waals surface area contributed by atoms with Crippen LogP contribution in [0, 0.1) is 0 Å². The number of fused-ring (bicyclic) bond motifs is 1. The van der Waals surface area contributed by atoms with E-state index in [4.69, 9.17) is 9.47 Å². The molecule has 3 rings (SSSR count). The zero-order valence-corrected chi connectivity index (χ0v) is 19.2. The highest BCUT2D eigenvalue weighted by molar-refractivity contribution is 7.10. The van der Waals surface area contributed by atoms with Crippen LogP contribution < -0.4 is 14.8 Å². The standard InChI is InChI=1S/C23H26N2O2S.C2H6/c1-4-6-7-17(5-2)16-27-22-14-18-10-11-24-20(19(18)15-21(22)26-3)8-9-23-25-12-13-28-23;1-2/h4-9,12-15,20,24H,2,10-11,16H2,1,3H3;1-2H3/b6-4-,9-8+,17-7+;. The number of nitrogens with zero attached hydrogens (tertiary/aromatic N) is 1. The minimum absolute atomic E-state index is 0.133. The van der Waals surface area contributed by atoms with Gasteiger partial charge >= 0.3 is 0 Å². The Balaban J connectivity index is 0.00000155. The van der Waals surface area contributed by atoms with Gasteiger partial charge in [0.25, 0.3) is 0 Å². The molecule has 1 aromatic carbocycles. The molecular weight excluding hydrogens is 392 g/mol. The van der Waals surface area contributed by atoms with Crippen LogP contribution in [-0.4, -0.2) is 25.2 Å². The number of aromatic nitrogens is 1. The average molecular weight is 425 g/mol. The zero-order valence-electron chi connectivity index (χ0n) is 18.4. The van der Waals surface area contributed by atoms with E-state index in [0.29, 0.717) is 6.61 Å². The van der Waals surface area contributed by atoms with Gasteiger partial charge in [-0.1, -0.05) is 50.8 Å². The molecule has 0 amide bonds. The minimum Gasteiger partial charge on any atom is -0.493 e. The maximum Gasteiger partial charge on any atom is 0.161 e. The summed E-state index contributed by atoms with van der Waals surface area (Å²) in [5.41, 5.74) is 3.52. The molecule has 5 heteroatoms. The molecule has 0 bridgehead atoms. The van der Waals surface area contributed by atoms with Crippen molar-refractivity contribution in [2.45, 2.75) is 33.2 Å². The van der Waals surface area contributed by atoms with E-state index in [-0.39, 0.29) is 6.04 Å². The summed E-state index contributed by atoms with van der Waals surface area (Å²) in [6.45, 7) is 11.2. The van der Waals surface area contributed by atoms with Crippen LogP contribution in [0.4, 0.5) is 0 Å². The molecule has 0 saturated heterocycles. The van der Waals surface area contributed by atoms with E-state index in [9.17, 15) is 0 Å². The number of allylic oxidation sites excluding steroid dienone is 3. The lowest BCUT2D eigenvalue weighted by Crippen LogP contribution is -2.28. The molecule has 160 valence electrons. The van der Waals surface area contributed by atoms with Crippen LogP contribution in [0.15, 0.2) is 66.2 Å². The van der Waals surface area contributed by atoms with E-state index in [1.807, 2.05) is 56.7 Å². The Bertz CT molecular complexity index is 883. The number of hydrogen-bond donors (Lipinski definition) is 1. The van der Waals surface area contributed by atoms with Crippen LogP contribution in [0.2, 0.25) is 0 Å². The van der Waals surface area contributed by atoms with Gasteiger partial charge in [-0.05, 0) is 48.3 Å². The van der Waals surface area contributed by atoms with Gasteiger partial charge in [-0.2, -0.15) is 0 Å². The van der Waals surface area contributed by atoms with Crippen molar-refractivity contribution in [3.63, 3.8) is 0 Å². The highest BCUT2D eigenvalue weighted by atomic mass is 32.1. The van der Waals surface area contributed by atoms with E-state index in [0.717, 1.165) is 35.0 Å². The predicted octanol–water partition coefficient (Wildman–Crippen LogP) is 6.15.